The number of carbonyl (C=O) groups excluding carboxylic acids is 2. The number of carbonyl (C=O) groups is 2. The number of anilines is 3. The van der Waals surface area contributed by atoms with Crippen LogP contribution < -0.4 is 19.7 Å². The van der Waals surface area contributed by atoms with Crippen molar-refractivity contribution < 1.29 is 22.7 Å². The predicted molar refractivity (Wildman–Crippen MR) is 131 cm³/mol. The molecule has 176 valence electrons. The van der Waals surface area contributed by atoms with Crippen molar-refractivity contribution in [2.75, 3.05) is 28.1 Å². The normalized spacial score (nSPS) is 12.7. The van der Waals surface area contributed by atoms with Crippen molar-refractivity contribution in [3.63, 3.8) is 0 Å². The number of nitrogens with one attached hydrogen (secondary N) is 2. The third-order valence-electron chi connectivity index (χ3n) is 5.44. The van der Waals surface area contributed by atoms with Crippen LogP contribution in [0.2, 0.25) is 0 Å². The zero-order valence-electron chi connectivity index (χ0n) is 18.9. The fraction of sp³-hybridized carbons (Fsp3) is 0.200. The Bertz CT molecular complexity index is 1340. The number of amides is 2. The molecule has 0 saturated carbocycles. The summed E-state index contributed by atoms with van der Waals surface area (Å²) in [6, 6.07) is 17.8. The number of sulfonamides is 1. The maximum absolute atomic E-state index is 12.9. The number of hydrogen-bond donors (Lipinski definition) is 2. The summed E-state index contributed by atoms with van der Waals surface area (Å²) >= 11 is 0. The zero-order chi connectivity index (χ0) is 24.3. The lowest BCUT2D eigenvalue weighted by molar-refractivity contribution is -0.116. The van der Waals surface area contributed by atoms with E-state index in [1.807, 2.05) is 13.0 Å². The van der Waals surface area contributed by atoms with Gasteiger partial charge in [-0.05, 0) is 79.6 Å². The van der Waals surface area contributed by atoms with E-state index in [4.69, 9.17) is 4.74 Å². The molecule has 2 N–H and O–H groups in total. The van der Waals surface area contributed by atoms with Gasteiger partial charge in [0.2, 0.25) is 5.91 Å². The van der Waals surface area contributed by atoms with Crippen LogP contribution in [0, 0.1) is 0 Å². The van der Waals surface area contributed by atoms with Gasteiger partial charge in [-0.25, -0.2) is 8.42 Å². The predicted octanol–water partition coefficient (Wildman–Crippen LogP) is 4.05. The topological polar surface area (TPSA) is 105 Å². The van der Waals surface area contributed by atoms with E-state index in [0.717, 1.165) is 11.3 Å². The fourth-order valence-corrected chi connectivity index (χ4v) is 4.92. The van der Waals surface area contributed by atoms with Crippen LogP contribution >= 0.6 is 0 Å². The molecule has 0 unspecified atom stereocenters. The molecule has 9 heteroatoms. The molecule has 8 nitrogen and oxygen atoms in total. The van der Waals surface area contributed by atoms with Crippen LogP contribution in [0.1, 0.15) is 29.8 Å². The molecule has 0 bridgehead atoms. The number of ether oxygens (including phenoxy) is 1. The van der Waals surface area contributed by atoms with Crippen molar-refractivity contribution in [3.8, 4) is 5.75 Å². The Kier molecular flexibility index (Phi) is 6.56. The van der Waals surface area contributed by atoms with Crippen molar-refractivity contribution in [1.29, 1.82) is 0 Å². The number of hydrogen-bond acceptors (Lipinski definition) is 5. The number of fused-ring (bicyclic) bond motifs is 1. The van der Waals surface area contributed by atoms with Gasteiger partial charge in [0, 0.05) is 36.1 Å². The monoisotopic (exact) mass is 479 g/mol. The number of nitrogens with zero attached hydrogens (tertiary/aromatic N) is 1. The van der Waals surface area contributed by atoms with E-state index < -0.39 is 15.9 Å². The zero-order valence-corrected chi connectivity index (χ0v) is 19.7. The van der Waals surface area contributed by atoms with Gasteiger partial charge in [-0.2, -0.15) is 0 Å². The quantitative estimate of drug-likeness (QED) is 0.532. The molecule has 0 spiro atoms. The third-order valence-corrected chi connectivity index (χ3v) is 6.82. The van der Waals surface area contributed by atoms with E-state index in [1.54, 1.807) is 47.4 Å². The average molecular weight is 480 g/mol. The van der Waals surface area contributed by atoms with Gasteiger partial charge in [-0.3, -0.25) is 14.3 Å². The standard InChI is InChI=1S/C25H25N3O5S/c1-3-33-22-10-7-20(8-11-22)27-34(31,32)23-6-4-5-19(16-23)25(30)26-21-9-12-24-18(15-21)13-14-28(24)17(2)29/h4-12,15-16,27H,3,13-14H2,1-2H3,(H,26,30). The maximum atomic E-state index is 12.9. The Morgan fingerprint density at radius 2 is 1.74 bits per heavy atom. The fourth-order valence-electron chi connectivity index (χ4n) is 3.81. The Balaban J connectivity index is 1.48. The first-order chi connectivity index (χ1) is 16.3. The molecule has 0 atom stereocenters. The van der Waals surface area contributed by atoms with Crippen LogP contribution in [0.4, 0.5) is 17.1 Å². The van der Waals surface area contributed by atoms with Crippen molar-refractivity contribution in [1.82, 2.24) is 0 Å². The van der Waals surface area contributed by atoms with Crippen LogP contribution in [0.25, 0.3) is 0 Å². The van der Waals surface area contributed by atoms with E-state index in [2.05, 4.69) is 10.0 Å². The minimum absolute atomic E-state index is 0.0209. The molecule has 1 aliphatic heterocycles. The largest absolute Gasteiger partial charge is 0.494 e. The molecule has 34 heavy (non-hydrogen) atoms. The van der Waals surface area contributed by atoms with Gasteiger partial charge < -0.3 is 15.0 Å². The highest BCUT2D eigenvalue weighted by atomic mass is 32.2. The minimum Gasteiger partial charge on any atom is -0.494 e. The van der Waals surface area contributed by atoms with Crippen LogP contribution in [-0.4, -0.2) is 33.4 Å². The highest BCUT2D eigenvalue weighted by molar-refractivity contribution is 7.92. The minimum atomic E-state index is -3.90. The second kappa shape index (κ2) is 9.56. The van der Waals surface area contributed by atoms with E-state index >= 15 is 0 Å². The van der Waals surface area contributed by atoms with E-state index in [9.17, 15) is 18.0 Å². The Hall–Kier alpha value is -3.85. The summed E-state index contributed by atoms with van der Waals surface area (Å²) in [6.07, 6.45) is 0.712. The van der Waals surface area contributed by atoms with Crippen molar-refractivity contribution >= 4 is 38.9 Å². The number of benzene rings is 3. The SMILES string of the molecule is CCOc1ccc(NS(=O)(=O)c2cccc(C(=O)Nc3ccc4c(c3)CCN4C(C)=O)c2)cc1. The molecular formula is C25H25N3O5S. The second-order valence-electron chi connectivity index (χ2n) is 7.81. The van der Waals surface area contributed by atoms with Crippen molar-refractivity contribution in [2.24, 2.45) is 0 Å². The van der Waals surface area contributed by atoms with Crippen LogP contribution in [-0.2, 0) is 21.2 Å². The van der Waals surface area contributed by atoms with Crippen LogP contribution in [0.3, 0.4) is 0 Å². The molecule has 1 aliphatic rings. The van der Waals surface area contributed by atoms with Crippen LogP contribution in [0.5, 0.6) is 5.75 Å². The first kappa shape index (κ1) is 23.3. The van der Waals surface area contributed by atoms with Crippen LogP contribution in [0.15, 0.2) is 71.6 Å². The molecule has 0 aromatic heterocycles. The summed E-state index contributed by atoms with van der Waals surface area (Å²) in [4.78, 5) is 26.2. The lowest BCUT2D eigenvalue weighted by atomic mass is 10.1. The van der Waals surface area contributed by atoms with Gasteiger partial charge in [0.05, 0.1) is 11.5 Å². The van der Waals surface area contributed by atoms with Gasteiger partial charge >= 0.3 is 0 Å². The van der Waals surface area contributed by atoms with Gasteiger partial charge in [0.25, 0.3) is 15.9 Å². The van der Waals surface area contributed by atoms with E-state index in [1.165, 1.54) is 25.1 Å². The summed E-state index contributed by atoms with van der Waals surface area (Å²) in [6.45, 7) is 4.52. The summed E-state index contributed by atoms with van der Waals surface area (Å²) in [5.41, 5.74) is 2.99. The summed E-state index contributed by atoms with van der Waals surface area (Å²) in [5, 5.41) is 2.81. The molecular weight excluding hydrogens is 454 g/mol. The molecule has 3 aromatic rings. The highest BCUT2D eigenvalue weighted by Gasteiger charge is 2.23. The molecule has 4 rings (SSSR count). The second-order valence-corrected chi connectivity index (χ2v) is 9.49. The first-order valence-corrected chi connectivity index (χ1v) is 12.3. The molecule has 3 aromatic carbocycles. The molecule has 2 amide bonds. The van der Waals surface area contributed by atoms with E-state index in [0.29, 0.717) is 36.7 Å². The van der Waals surface area contributed by atoms with E-state index in [-0.39, 0.29) is 16.4 Å². The lowest BCUT2D eigenvalue weighted by Crippen LogP contribution is -2.25. The molecule has 0 saturated heterocycles. The molecule has 0 radical (unpaired) electrons. The summed E-state index contributed by atoms with van der Waals surface area (Å²) < 4.78 is 33.6. The molecule has 1 heterocycles. The van der Waals surface area contributed by atoms with Gasteiger partial charge in [-0.1, -0.05) is 6.07 Å². The Morgan fingerprint density at radius 1 is 1.00 bits per heavy atom. The number of rotatable bonds is 7. The van der Waals surface area contributed by atoms with Crippen molar-refractivity contribution in [2.45, 2.75) is 25.2 Å². The Morgan fingerprint density at radius 3 is 2.44 bits per heavy atom. The first-order valence-electron chi connectivity index (χ1n) is 10.8. The molecule has 0 aliphatic carbocycles. The van der Waals surface area contributed by atoms with Crippen molar-refractivity contribution in [3.05, 3.63) is 77.9 Å². The third kappa shape index (κ3) is 5.04. The average Bonchev–Trinajstić information content (AvgIpc) is 3.24. The lowest BCUT2D eigenvalue weighted by Gasteiger charge is -2.15. The van der Waals surface area contributed by atoms with Gasteiger partial charge in [0.15, 0.2) is 0 Å². The maximum Gasteiger partial charge on any atom is 0.261 e. The smallest absolute Gasteiger partial charge is 0.261 e. The molecule has 0 fully saturated rings. The highest BCUT2D eigenvalue weighted by Crippen LogP contribution is 2.30. The summed E-state index contributed by atoms with van der Waals surface area (Å²) in [5.74, 6) is 0.191. The van der Waals surface area contributed by atoms with Gasteiger partial charge in [-0.15, -0.1) is 0 Å². The Labute approximate surface area is 198 Å². The summed E-state index contributed by atoms with van der Waals surface area (Å²) in [7, 11) is -3.90. The van der Waals surface area contributed by atoms with Gasteiger partial charge in [0.1, 0.15) is 5.75 Å².